The van der Waals surface area contributed by atoms with Gasteiger partial charge in [-0.15, -0.1) is 0 Å². The quantitative estimate of drug-likeness (QED) is 0.901. The van der Waals surface area contributed by atoms with E-state index in [1.807, 2.05) is 12.1 Å². The Morgan fingerprint density at radius 3 is 2.95 bits per heavy atom. The van der Waals surface area contributed by atoms with Crippen molar-refractivity contribution in [2.24, 2.45) is 0 Å². The van der Waals surface area contributed by atoms with Gasteiger partial charge in [0.2, 0.25) is 0 Å². The lowest BCUT2D eigenvalue weighted by Gasteiger charge is -2.16. The second kappa shape index (κ2) is 5.81. The molecule has 1 N–H and O–H groups in total. The highest BCUT2D eigenvalue weighted by Crippen LogP contribution is 2.30. The first-order chi connectivity index (χ1) is 9.26. The maximum absolute atomic E-state index is 5.41. The highest BCUT2D eigenvalue weighted by atomic mass is 79.9. The molecule has 1 aliphatic heterocycles. The fourth-order valence-electron chi connectivity index (χ4n) is 2.86. The summed E-state index contributed by atoms with van der Waals surface area (Å²) in [5, 5.41) is 3.67. The van der Waals surface area contributed by atoms with Crippen LogP contribution in [0.15, 0.2) is 22.7 Å². The number of ether oxygens (including phenoxy) is 1. The van der Waals surface area contributed by atoms with Crippen molar-refractivity contribution in [3.63, 3.8) is 0 Å². The molecule has 1 aromatic carbocycles. The van der Waals surface area contributed by atoms with E-state index in [1.165, 1.54) is 37.9 Å². The number of rotatable bonds is 5. The van der Waals surface area contributed by atoms with Crippen LogP contribution < -0.4 is 10.1 Å². The molecule has 1 saturated heterocycles. The average molecular weight is 325 g/mol. The third-order valence-corrected chi connectivity index (χ3v) is 4.60. The maximum atomic E-state index is 5.41. The van der Waals surface area contributed by atoms with E-state index in [0.717, 1.165) is 22.8 Å². The van der Waals surface area contributed by atoms with Crippen molar-refractivity contribution in [1.29, 1.82) is 0 Å². The van der Waals surface area contributed by atoms with E-state index in [9.17, 15) is 0 Å². The Balaban J connectivity index is 1.55. The lowest BCUT2D eigenvalue weighted by Crippen LogP contribution is -2.32. The van der Waals surface area contributed by atoms with Crippen molar-refractivity contribution in [2.75, 3.05) is 20.2 Å². The summed E-state index contributed by atoms with van der Waals surface area (Å²) in [6.07, 6.45) is 4.09. The summed E-state index contributed by atoms with van der Waals surface area (Å²) in [6, 6.07) is 7.70. The number of benzene rings is 1. The number of nitrogens with one attached hydrogen (secondary N) is 1. The van der Waals surface area contributed by atoms with Crippen LogP contribution in [0.4, 0.5) is 0 Å². The molecule has 0 aromatic heterocycles. The Bertz CT molecular complexity index is 448. The Kier molecular flexibility index (Phi) is 4.10. The molecule has 2 aliphatic rings. The molecule has 0 radical (unpaired) electrons. The largest absolute Gasteiger partial charge is 0.496 e. The minimum absolute atomic E-state index is 0.629. The lowest BCUT2D eigenvalue weighted by molar-refractivity contribution is 0.317. The van der Waals surface area contributed by atoms with E-state index < -0.39 is 0 Å². The summed E-state index contributed by atoms with van der Waals surface area (Å²) in [6.45, 7) is 3.35. The van der Waals surface area contributed by atoms with Crippen molar-refractivity contribution < 1.29 is 4.74 Å². The summed E-state index contributed by atoms with van der Waals surface area (Å²) in [5.41, 5.74) is 1.22. The fourth-order valence-corrected chi connectivity index (χ4v) is 3.27. The molecule has 3 rings (SSSR count). The van der Waals surface area contributed by atoms with E-state index in [2.05, 4.69) is 32.2 Å². The van der Waals surface area contributed by atoms with Gasteiger partial charge < -0.3 is 10.1 Å². The Labute approximate surface area is 123 Å². The van der Waals surface area contributed by atoms with E-state index in [4.69, 9.17) is 4.74 Å². The van der Waals surface area contributed by atoms with Crippen LogP contribution in [0, 0.1) is 0 Å². The first-order valence-electron chi connectivity index (χ1n) is 7.06. The molecule has 0 spiro atoms. The van der Waals surface area contributed by atoms with Crippen molar-refractivity contribution >= 4 is 15.9 Å². The monoisotopic (exact) mass is 324 g/mol. The molecule has 1 unspecified atom stereocenters. The topological polar surface area (TPSA) is 24.5 Å². The van der Waals surface area contributed by atoms with E-state index in [0.29, 0.717) is 6.04 Å². The van der Waals surface area contributed by atoms with Gasteiger partial charge in [0, 0.05) is 41.8 Å². The molecule has 2 fully saturated rings. The normalized spacial score (nSPS) is 23.8. The minimum atomic E-state index is 0.629. The molecule has 4 heteroatoms. The van der Waals surface area contributed by atoms with Gasteiger partial charge in [0.05, 0.1) is 7.11 Å². The molecular formula is C15H21BrN2O. The van der Waals surface area contributed by atoms with Crippen LogP contribution in [0.25, 0.3) is 0 Å². The zero-order valence-electron chi connectivity index (χ0n) is 11.4. The molecule has 0 bridgehead atoms. The molecule has 1 atom stereocenters. The zero-order chi connectivity index (χ0) is 13.2. The minimum Gasteiger partial charge on any atom is -0.496 e. The van der Waals surface area contributed by atoms with Crippen molar-refractivity contribution in [2.45, 2.75) is 37.9 Å². The second-order valence-electron chi connectivity index (χ2n) is 5.55. The van der Waals surface area contributed by atoms with Gasteiger partial charge in [0.15, 0.2) is 0 Å². The summed E-state index contributed by atoms with van der Waals surface area (Å²) >= 11 is 3.52. The van der Waals surface area contributed by atoms with Crippen LogP contribution >= 0.6 is 15.9 Å². The summed E-state index contributed by atoms with van der Waals surface area (Å²) in [7, 11) is 1.73. The van der Waals surface area contributed by atoms with Crippen LogP contribution in [0.1, 0.15) is 24.8 Å². The van der Waals surface area contributed by atoms with Gasteiger partial charge in [-0.1, -0.05) is 15.9 Å². The molecule has 1 aliphatic carbocycles. The lowest BCUT2D eigenvalue weighted by atomic mass is 10.2. The number of hydrogen-bond acceptors (Lipinski definition) is 3. The van der Waals surface area contributed by atoms with Gasteiger partial charge in [-0.2, -0.15) is 0 Å². The predicted octanol–water partition coefficient (Wildman–Crippen LogP) is 2.78. The average Bonchev–Trinajstić information content (AvgIpc) is 3.16. The van der Waals surface area contributed by atoms with E-state index >= 15 is 0 Å². The Hall–Kier alpha value is -0.580. The smallest absolute Gasteiger partial charge is 0.123 e. The molecule has 104 valence electrons. The summed E-state index contributed by atoms with van der Waals surface area (Å²) in [5.74, 6) is 0.966. The highest BCUT2D eigenvalue weighted by Gasteiger charge is 2.34. The Morgan fingerprint density at radius 2 is 2.21 bits per heavy atom. The molecule has 1 aromatic rings. The number of methoxy groups -OCH3 is 1. The van der Waals surface area contributed by atoms with Crippen LogP contribution in [-0.4, -0.2) is 37.2 Å². The van der Waals surface area contributed by atoms with E-state index in [1.54, 1.807) is 7.11 Å². The standard InChI is InChI=1S/C15H21BrN2O/c1-19-15-5-2-12(16)8-11(15)9-17-13-6-7-18(10-13)14-3-4-14/h2,5,8,13-14,17H,3-4,6-7,9-10H2,1H3. The number of likely N-dealkylation sites (tertiary alicyclic amines) is 1. The van der Waals surface area contributed by atoms with Gasteiger partial charge >= 0.3 is 0 Å². The van der Waals surface area contributed by atoms with Crippen LogP contribution in [0.2, 0.25) is 0 Å². The molecule has 0 amide bonds. The van der Waals surface area contributed by atoms with Crippen LogP contribution in [-0.2, 0) is 6.54 Å². The predicted molar refractivity (Wildman–Crippen MR) is 80.5 cm³/mol. The molecule has 19 heavy (non-hydrogen) atoms. The SMILES string of the molecule is COc1ccc(Br)cc1CNC1CCN(C2CC2)C1. The van der Waals surface area contributed by atoms with Crippen molar-refractivity contribution in [3.8, 4) is 5.75 Å². The number of nitrogens with zero attached hydrogens (tertiary/aromatic N) is 1. The number of hydrogen-bond donors (Lipinski definition) is 1. The Morgan fingerprint density at radius 1 is 1.37 bits per heavy atom. The van der Waals surface area contributed by atoms with Gasteiger partial charge in [-0.05, 0) is 37.5 Å². The van der Waals surface area contributed by atoms with Gasteiger partial charge in [0.1, 0.15) is 5.75 Å². The first kappa shape index (κ1) is 13.4. The highest BCUT2D eigenvalue weighted by molar-refractivity contribution is 9.10. The third-order valence-electron chi connectivity index (χ3n) is 4.11. The second-order valence-corrected chi connectivity index (χ2v) is 6.46. The van der Waals surface area contributed by atoms with Gasteiger partial charge in [-0.25, -0.2) is 0 Å². The van der Waals surface area contributed by atoms with Crippen molar-refractivity contribution in [1.82, 2.24) is 10.2 Å². The molecule has 3 nitrogen and oxygen atoms in total. The maximum Gasteiger partial charge on any atom is 0.123 e. The zero-order valence-corrected chi connectivity index (χ0v) is 12.9. The third kappa shape index (κ3) is 3.30. The van der Waals surface area contributed by atoms with Crippen molar-refractivity contribution in [3.05, 3.63) is 28.2 Å². The molecule has 1 heterocycles. The first-order valence-corrected chi connectivity index (χ1v) is 7.85. The van der Waals surface area contributed by atoms with Crippen LogP contribution in [0.5, 0.6) is 5.75 Å². The van der Waals surface area contributed by atoms with Gasteiger partial charge in [-0.3, -0.25) is 4.90 Å². The van der Waals surface area contributed by atoms with Gasteiger partial charge in [0.25, 0.3) is 0 Å². The summed E-state index contributed by atoms with van der Waals surface area (Å²) in [4.78, 5) is 2.63. The van der Waals surface area contributed by atoms with Crippen LogP contribution in [0.3, 0.4) is 0 Å². The summed E-state index contributed by atoms with van der Waals surface area (Å²) < 4.78 is 6.52. The molecule has 1 saturated carbocycles. The van der Waals surface area contributed by atoms with E-state index in [-0.39, 0.29) is 0 Å². The molecular weight excluding hydrogens is 304 g/mol. The fraction of sp³-hybridized carbons (Fsp3) is 0.600. The number of halogens is 1.